The highest BCUT2D eigenvalue weighted by atomic mass is 32.2. The zero-order valence-electron chi connectivity index (χ0n) is 11.1. The summed E-state index contributed by atoms with van der Waals surface area (Å²) in [7, 11) is -1.86. The highest BCUT2D eigenvalue weighted by Crippen LogP contribution is 2.27. The van der Waals surface area contributed by atoms with Crippen molar-refractivity contribution >= 4 is 9.84 Å². The Bertz CT molecular complexity index is 495. The summed E-state index contributed by atoms with van der Waals surface area (Å²) in [6.45, 7) is 4.39. The Hall–Kier alpha value is -1.07. The fraction of sp³-hybridized carbons (Fsp3) is 0.538. The van der Waals surface area contributed by atoms with Crippen molar-refractivity contribution in [1.82, 2.24) is 0 Å². The summed E-state index contributed by atoms with van der Waals surface area (Å²) < 4.78 is 29.6. The average molecular weight is 271 g/mol. The molecule has 1 rings (SSSR count). The van der Waals surface area contributed by atoms with E-state index in [4.69, 9.17) is 10.5 Å². The molecule has 0 aromatic heterocycles. The van der Waals surface area contributed by atoms with E-state index in [0.29, 0.717) is 18.7 Å². The minimum absolute atomic E-state index is 0.0809. The number of hydrogen-bond acceptors (Lipinski definition) is 4. The van der Waals surface area contributed by atoms with Gasteiger partial charge in [-0.25, -0.2) is 8.42 Å². The van der Waals surface area contributed by atoms with Crippen LogP contribution >= 0.6 is 0 Å². The molecule has 5 heteroatoms. The van der Waals surface area contributed by atoms with Crippen molar-refractivity contribution in [2.24, 2.45) is 11.1 Å². The van der Waals surface area contributed by atoms with Gasteiger partial charge in [0, 0.05) is 0 Å². The topological polar surface area (TPSA) is 69.4 Å². The molecule has 1 aromatic carbocycles. The van der Waals surface area contributed by atoms with Gasteiger partial charge in [0.1, 0.15) is 10.6 Å². The number of methoxy groups -OCH3 is 1. The number of para-hydroxylation sites is 1. The SMILES string of the molecule is COc1ccccc1S(=O)(=O)CCC(C)(C)CN. The van der Waals surface area contributed by atoms with Crippen LogP contribution < -0.4 is 10.5 Å². The van der Waals surface area contributed by atoms with E-state index in [1.165, 1.54) is 7.11 Å². The van der Waals surface area contributed by atoms with E-state index in [-0.39, 0.29) is 16.1 Å². The smallest absolute Gasteiger partial charge is 0.182 e. The van der Waals surface area contributed by atoms with Crippen molar-refractivity contribution in [3.05, 3.63) is 24.3 Å². The van der Waals surface area contributed by atoms with Gasteiger partial charge in [0.15, 0.2) is 9.84 Å². The van der Waals surface area contributed by atoms with Gasteiger partial charge in [-0.05, 0) is 30.5 Å². The van der Waals surface area contributed by atoms with Crippen LogP contribution in [0.2, 0.25) is 0 Å². The molecule has 0 aliphatic heterocycles. The predicted octanol–water partition coefficient (Wildman–Crippen LogP) is 1.84. The first-order valence-electron chi connectivity index (χ1n) is 5.88. The lowest BCUT2D eigenvalue weighted by molar-refractivity contribution is 0.364. The van der Waals surface area contributed by atoms with E-state index in [0.717, 1.165) is 0 Å². The summed E-state index contributed by atoms with van der Waals surface area (Å²) in [5.41, 5.74) is 5.44. The van der Waals surface area contributed by atoms with Crippen LogP contribution in [-0.2, 0) is 9.84 Å². The molecule has 0 atom stereocenters. The third-order valence-electron chi connectivity index (χ3n) is 3.00. The van der Waals surface area contributed by atoms with Crippen LogP contribution in [0, 0.1) is 5.41 Å². The molecule has 4 nitrogen and oxygen atoms in total. The first-order valence-corrected chi connectivity index (χ1v) is 7.53. The second-order valence-corrected chi connectivity index (χ2v) is 7.17. The molecule has 0 saturated carbocycles. The molecule has 102 valence electrons. The molecule has 0 bridgehead atoms. The van der Waals surface area contributed by atoms with Gasteiger partial charge in [-0.15, -0.1) is 0 Å². The van der Waals surface area contributed by atoms with E-state index in [1.807, 2.05) is 13.8 Å². The van der Waals surface area contributed by atoms with E-state index in [9.17, 15) is 8.42 Å². The fourth-order valence-corrected chi connectivity index (χ4v) is 3.28. The minimum atomic E-state index is -3.33. The Kier molecular flexibility index (Phi) is 4.76. The Morgan fingerprint density at radius 2 is 1.89 bits per heavy atom. The minimum Gasteiger partial charge on any atom is -0.495 e. The molecule has 0 unspecified atom stereocenters. The van der Waals surface area contributed by atoms with E-state index in [2.05, 4.69) is 0 Å². The van der Waals surface area contributed by atoms with Crippen molar-refractivity contribution in [2.75, 3.05) is 19.4 Å². The van der Waals surface area contributed by atoms with Crippen molar-refractivity contribution < 1.29 is 13.2 Å². The van der Waals surface area contributed by atoms with Crippen molar-refractivity contribution in [2.45, 2.75) is 25.2 Å². The first-order chi connectivity index (χ1) is 8.32. The quantitative estimate of drug-likeness (QED) is 0.857. The van der Waals surface area contributed by atoms with Crippen LogP contribution in [0.4, 0.5) is 0 Å². The molecule has 0 aliphatic carbocycles. The van der Waals surface area contributed by atoms with Gasteiger partial charge in [0.2, 0.25) is 0 Å². The number of nitrogens with two attached hydrogens (primary N) is 1. The maximum absolute atomic E-state index is 12.3. The first kappa shape index (κ1) is 15.0. The standard InChI is InChI=1S/C13H21NO3S/c1-13(2,10-14)8-9-18(15,16)12-7-5-4-6-11(12)17-3/h4-7H,8-10,14H2,1-3H3. The highest BCUT2D eigenvalue weighted by molar-refractivity contribution is 7.91. The Morgan fingerprint density at radius 1 is 1.28 bits per heavy atom. The predicted molar refractivity (Wildman–Crippen MR) is 72.5 cm³/mol. The van der Waals surface area contributed by atoms with Gasteiger partial charge in [-0.1, -0.05) is 26.0 Å². The molecular weight excluding hydrogens is 250 g/mol. The normalized spacial score (nSPS) is 12.4. The molecule has 0 amide bonds. The molecule has 0 aliphatic rings. The van der Waals surface area contributed by atoms with Crippen LogP contribution in [0.25, 0.3) is 0 Å². The molecule has 1 aromatic rings. The van der Waals surface area contributed by atoms with Gasteiger partial charge in [0.05, 0.1) is 12.9 Å². The van der Waals surface area contributed by atoms with Gasteiger partial charge >= 0.3 is 0 Å². The Balaban J connectivity index is 2.94. The molecule has 0 saturated heterocycles. The molecule has 18 heavy (non-hydrogen) atoms. The summed E-state index contributed by atoms with van der Waals surface area (Å²) in [6, 6.07) is 6.68. The Labute approximate surface area is 109 Å². The second kappa shape index (κ2) is 5.71. The lowest BCUT2D eigenvalue weighted by atomic mass is 9.91. The fourth-order valence-electron chi connectivity index (χ4n) is 1.50. The highest BCUT2D eigenvalue weighted by Gasteiger charge is 2.24. The van der Waals surface area contributed by atoms with Gasteiger partial charge in [-0.3, -0.25) is 0 Å². The summed E-state index contributed by atoms with van der Waals surface area (Å²) in [5.74, 6) is 0.473. The number of rotatable bonds is 6. The van der Waals surface area contributed by atoms with E-state index >= 15 is 0 Å². The van der Waals surface area contributed by atoms with Crippen LogP contribution in [0.15, 0.2) is 29.2 Å². The largest absolute Gasteiger partial charge is 0.495 e. The molecule has 0 spiro atoms. The summed E-state index contributed by atoms with van der Waals surface area (Å²) in [6.07, 6.45) is 0.532. The number of sulfone groups is 1. The maximum Gasteiger partial charge on any atom is 0.182 e. The average Bonchev–Trinajstić information content (AvgIpc) is 2.37. The summed E-state index contributed by atoms with van der Waals surface area (Å²) in [5, 5.41) is 0. The van der Waals surface area contributed by atoms with Crippen molar-refractivity contribution in [1.29, 1.82) is 0 Å². The van der Waals surface area contributed by atoms with Crippen LogP contribution in [0.5, 0.6) is 5.75 Å². The second-order valence-electron chi connectivity index (χ2n) is 5.09. The lowest BCUT2D eigenvalue weighted by Crippen LogP contribution is -2.26. The molecule has 0 radical (unpaired) electrons. The number of hydrogen-bond donors (Lipinski definition) is 1. The van der Waals surface area contributed by atoms with Crippen LogP contribution in [0.1, 0.15) is 20.3 Å². The van der Waals surface area contributed by atoms with Crippen LogP contribution in [0.3, 0.4) is 0 Å². The maximum atomic E-state index is 12.3. The third-order valence-corrected chi connectivity index (χ3v) is 4.75. The zero-order chi connectivity index (χ0) is 13.8. The number of ether oxygens (including phenoxy) is 1. The summed E-state index contributed by atoms with van der Waals surface area (Å²) >= 11 is 0. The van der Waals surface area contributed by atoms with E-state index in [1.54, 1.807) is 24.3 Å². The van der Waals surface area contributed by atoms with Gasteiger partial charge < -0.3 is 10.5 Å². The van der Waals surface area contributed by atoms with Gasteiger partial charge in [0.25, 0.3) is 0 Å². The summed E-state index contributed by atoms with van der Waals surface area (Å²) in [4.78, 5) is 0.250. The Morgan fingerprint density at radius 3 is 2.44 bits per heavy atom. The van der Waals surface area contributed by atoms with E-state index < -0.39 is 9.84 Å². The van der Waals surface area contributed by atoms with Crippen molar-refractivity contribution in [3.8, 4) is 5.75 Å². The third kappa shape index (κ3) is 3.71. The monoisotopic (exact) mass is 271 g/mol. The van der Waals surface area contributed by atoms with Crippen LogP contribution in [-0.4, -0.2) is 27.8 Å². The lowest BCUT2D eigenvalue weighted by Gasteiger charge is -2.22. The molecular formula is C13H21NO3S. The molecule has 2 N–H and O–H groups in total. The molecule has 0 fully saturated rings. The number of benzene rings is 1. The zero-order valence-corrected chi connectivity index (χ0v) is 12.0. The van der Waals surface area contributed by atoms with Crippen molar-refractivity contribution in [3.63, 3.8) is 0 Å². The molecule has 0 heterocycles. The van der Waals surface area contributed by atoms with Gasteiger partial charge in [-0.2, -0.15) is 0 Å².